The summed E-state index contributed by atoms with van der Waals surface area (Å²) < 4.78 is 10.7. The average molecular weight is 429 g/mol. The molecule has 0 aliphatic carbocycles. The normalized spacial score (nSPS) is 15.6. The van der Waals surface area contributed by atoms with E-state index in [9.17, 15) is 14.9 Å². The average Bonchev–Trinajstić information content (AvgIpc) is 2.76. The maximum atomic E-state index is 12.6. The summed E-state index contributed by atoms with van der Waals surface area (Å²) in [6.45, 7) is 9.56. The topological polar surface area (TPSA) is 104 Å². The minimum absolute atomic E-state index is 0.00489. The van der Waals surface area contributed by atoms with E-state index < -0.39 is 5.91 Å². The molecule has 0 spiro atoms. The summed E-state index contributed by atoms with van der Waals surface area (Å²) in [4.78, 5) is 26.1. The van der Waals surface area contributed by atoms with E-state index in [1.165, 1.54) is 6.20 Å². The van der Waals surface area contributed by atoms with E-state index in [1.54, 1.807) is 11.8 Å². The molecule has 0 radical (unpaired) electrons. The van der Waals surface area contributed by atoms with E-state index in [1.807, 2.05) is 45.0 Å². The second-order valence-electron chi connectivity index (χ2n) is 7.47. The minimum Gasteiger partial charge on any atom is -0.494 e. The molecule has 168 valence electrons. The van der Waals surface area contributed by atoms with E-state index in [-0.39, 0.29) is 23.8 Å². The Bertz CT molecular complexity index is 838. The molecule has 8 heteroatoms. The lowest BCUT2D eigenvalue weighted by molar-refractivity contribution is -0.117. The third-order valence-electron chi connectivity index (χ3n) is 5.13. The molecule has 1 atom stereocenters. The van der Waals surface area contributed by atoms with Crippen LogP contribution in [0.1, 0.15) is 50.8 Å². The number of amides is 2. The zero-order chi connectivity index (χ0) is 22.8. The summed E-state index contributed by atoms with van der Waals surface area (Å²) in [6, 6.07) is 7.55. The highest BCUT2D eigenvalue weighted by molar-refractivity contribution is 5.97. The van der Waals surface area contributed by atoms with Crippen LogP contribution in [0.25, 0.3) is 0 Å². The number of nitrogens with zero attached hydrogens (tertiary/aromatic N) is 2. The number of hydrogen-bond donors (Lipinski definition) is 2. The van der Waals surface area contributed by atoms with E-state index in [2.05, 4.69) is 10.6 Å². The molecule has 0 aromatic heterocycles. The number of benzene rings is 1. The van der Waals surface area contributed by atoms with Crippen molar-refractivity contribution in [2.24, 2.45) is 0 Å². The van der Waals surface area contributed by atoms with Gasteiger partial charge in [-0.15, -0.1) is 0 Å². The molecule has 0 bridgehead atoms. The molecule has 2 N–H and O–H groups in total. The molecule has 31 heavy (non-hydrogen) atoms. The standard InChI is InChI=1S/C23H32N4O4/c1-5-30-21-8-7-16(3)13-20(21)17(4)26-22(28)18(14-24)15-25-19-9-11-27(12-10-19)23(29)31-6-2/h7-8,13,15,17,19,25H,5-6,9-12H2,1-4H3,(H,26,28)/b18-15-. The summed E-state index contributed by atoms with van der Waals surface area (Å²) in [6.07, 6.45) is 2.59. The van der Waals surface area contributed by atoms with Crippen molar-refractivity contribution in [1.82, 2.24) is 15.5 Å². The van der Waals surface area contributed by atoms with Gasteiger partial charge < -0.3 is 25.0 Å². The Balaban J connectivity index is 1.95. The van der Waals surface area contributed by atoms with Gasteiger partial charge in [0.2, 0.25) is 0 Å². The smallest absolute Gasteiger partial charge is 0.409 e. The van der Waals surface area contributed by atoms with Gasteiger partial charge in [0.25, 0.3) is 5.91 Å². The SMILES string of the molecule is CCOC(=O)N1CCC(N/C=C(/C#N)C(=O)NC(C)c2cc(C)ccc2OCC)CC1. The van der Waals surface area contributed by atoms with Crippen LogP contribution in [0.2, 0.25) is 0 Å². The van der Waals surface area contributed by atoms with Crippen LogP contribution in [0.3, 0.4) is 0 Å². The van der Waals surface area contributed by atoms with Crippen LogP contribution in [-0.4, -0.2) is 49.2 Å². The van der Waals surface area contributed by atoms with Crippen LogP contribution >= 0.6 is 0 Å². The number of rotatable bonds is 8. The molecule has 1 heterocycles. The molecular formula is C23H32N4O4. The van der Waals surface area contributed by atoms with Gasteiger partial charge in [0.1, 0.15) is 17.4 Å². The van der Waals surface area contributed by atoms with Crippen LogP contribution in [0.4, 0.5) is 4.79 Å². The Morgan fingerprint density at radius 2 is 2.00 bits per heavy atom. The lowest BCUT2D eigenvalue weighted by Gasteiger charge is -2.31. The van der Waals surface area contributed by atoms with Crippen molar-refractivity contribution in [2.75, 3.05) is 26.3 Å². The number of nitrogens with one attached hydrogen (secondary N) is 2. The van der Waals surface area contributed by atoms with Crippen molar-refractivity contribution in [3.8, 4) is 11.8 Å². The van der Waals surface area contributed by atoms with Gasteiger partial charge in [-0.3, -0.25) is 4.79 Å². The van der Waals surface area contributed by atoms with Crippen LogP contribution in [0, 0.1) is 18.3 Å². The van der Waals surface area contributed by atoms with Gasteiger partial charge in [0, 0.05) is 30.9 Å². The molecule has 2 rings (SSSR count). The first-order valence-electron chi connectivity index (χ1n) is 10.7. The lowest BCUT2D eigenvalue weighted by Crippen LogP contribution is -2.44. The highest BCUT2D eigenvalue weighted by Crippen LogP contribution is 2.26. The maximum Gasteiger partial charge on any atom is 0.409 e. The van der Waals surface area contributed by atoms with Gasteiger partial charge in [-0.05, 0) is 46.6 Å². The number of likely N-dealkylation sites (tertiary alicyclic amines) is 1. The minimum atomic E-state index is -0.449. The van der Waals surface area contributed by atoms with Crippen molar-refractivity contribution < 1.29 is 19.1 Å². The number of aryl methyl sites for hydroxylation is 1. The Kier molecular flexibility index (Phi) is 9.19. The summed E-state index contributed by atoms with van der Waals surface area (Å²) in [5.41, 5.74) is 1.93. The zero-order valence-electron chi connectivity index (χ0n) is 18.7. The van der Waals surface area contributed by atoms with Crippen LogP contribution in [-0.2, 0) is 9.53 Å². The molecule has 1 saturated heterocycles. The molecule has 2 amide bonds. The van der Waals surface area contributed by atoms with Crippen LogP contribution < -0.4 is 15.4 Å². The Hall–Kier alpha value is -3.21. The number of carbonyl (C=O) groups is 2. The van der Waals surface area contributed by atoms with Crippen molar-refractivity contribution in [2.45, 2.75) is 52.6 Å². The molecule has 1 fully saturated rings. The predicted octanol–water partition coefficient (Wildman–Crippen LogP) is 3.19. The highest BCUT2D eigenvalue weighted by atomic mass is 16.6. The van der Waals surface area contributed by atoms with Gasteiger partial charge >= 0.3 is 6.09 Å². The molecule has 1 aromatic rings. The third kappa shape index (κ3) is 6.92. The summed E-state index contributed by atoms with van der Waals surface area (Å²) in [5.74, 6) is 0.269. The second-order valence-corrected chi connectivity index (χ2v) is 7.47. The van der Waals surface area contributed by atoms with E-state index in [4.69, 9.17) is 9.47 Å². The Morgan fingerprint density at radius 3 is 2.61 bits per heavy atom. The van der Waals surface area contributed by atoms with Gasteiger partial charge in [0.05, 0.1) is 19.3 Å². The molecule has 1 aromatic carbocycles. The quantitative estimate of drug-likeness (QED) is 0.487. The number of carbonyl (C=O) groups excluding carboxylic acids is 2. The monoisotopic (exact) mass is 428 g/mol. The Morgan fingerprint density at radius 1 is 1.29 bits per heavy atom. The first-order valence-corrected chi connectivity index (χ1v) is 10.7. The van der Waals surface area contributed by atoms with E-state index in [0.717, 1.165) is 16.9 Å². The van der Waals surface area contributed by atoms with E-state index >= 15 is 0 Å². The summed E-state index contributed by atoms with van der Waals surface area (Å²) >= 11 is 0. The van der Waals surface area contributed by atoms with Crippen molar-refractivity contribution in [3.05, 3.63) is 41.1 Å². The number of nitriles is 1. The number of piperidine rings is 1. The molecule has 8 nitrogen and oxygen atoms in total. The first-order chi connectivity index (χ1) is 14.9. The molecular weight excluding hydrogens is 396 g/mol. The molecule has 1 unspecified atom stereocenters. The lowest BCUT2D eigenvalue weighted by atomic mass is 10.0. The van der Waals surface area contributed by atoms with Gasteiger partial charge in [0.15, 0.2) is 0 Å². The van der Waals surface area contributed by atoms with Crippen molar-refractivity contribution >= 4 is 12.0 Å². The third-order valence-corrected chi connectivity index (χ3v) is 5.13. The largest absolute Gasteiger partial charge is 0.494 e. The Labute approximate surface area is 184 Å². The second kappa shape index (κ2) is 11.8. The highest BCUT2D eigenvalue weighted by Gasteiger charge is 2.23. The van der Waals surface area contributed by atoms with Gasteiger partial charge in [-0.25, -0.2) is 4.79 Å². The maximum absolute atomic E-state index is 12.6. The fourth-order valence-corrected chi connectivity index (χ4v) is 3.44. The predicted molar refractivity (Wildman–Crippen MR) is 117 cm³/mol. The van der Waals surface area contributed by atoms with Crippen molar-refractivity contribution in [1.29, 1.82) is 5.26 Å². The zero-order valence-corrected chi connectivity index (χ0v) is 18.7. The van der Waals surface area contributed by atoms with Crippen molar-refractivity contribution in [3.63, 3.8) is 0 Å². The fourth-order valence-electron chi connectivity index (χ4n) is 3.44. The molecule has 1 aliphatic heterocycles. The van der Waals surface area contributed by atoms with Gasteiger partial charge in [-0.2, -0.15) is 5.26 Å². The van der Waals surface area contributed by atoms with Crippen LogP contribution in [0.15, 0.2) is 30.0 Å². The van der Waals surface area contributed by atoms with Gasteiger partial charge in [-0.1, -0.05) is 17.7 Å². The first kappa shape index (κ1) is 24.1. The van der Waals surface area contributed by atoms with E-state index in [0.29, 0.717) is 39.1 Å². The molecule has 0 saturated carbocycles. The summed E-state index contributed by atoms with van der Waals surface area (Å²) in [7, 11) is 0. The fraction of sp³-hybridized carbons (Fsp3) is 0.522. The number of hydrogen-bond acceptors (Lipinski definition) is 6. The van der Waals surface area contributed by atoms with Crippen LogP contribution in [0.5, 0.6) is 5.75 Å². The summed E-state index contributed by atoms with van der Waals surface area (Å²) in [5, 5.41) is 15.5. The molecule has 1 aliphatic rings. The number of ether oxygens (including phenoxy) is 2.